The van der Waals surface area contributed by atoms with Gasteiger partial charge < -0.3 is 20.1 Å². The second-order valence-electron chi connectivity index (χ2n) is 5.64. The van der Waals surface area contributed by atoms with E-state index < -0.39 is 0 Å². The molecule has 1 aromatic rings. The summed E-state index contributed by atoms with van der Waals surface area (Å²) in [6.45, 7) is 8.02. The number of hydrogen-bond donors (Lipinski definition) is 2. The zero-order valence-electron chi connectivity index (χ0n) is 14.8. The standard InChI is InChI=1S/C17H29N3O2.HI/c1-13(2)10-11-19-17(18-4)20-12-14(3)22-16-9-7-6-8-15(16)21-5;/h6-9,13-14H,10-12H2,1-5H3,(H2,18,19,20);1H. The van der Waals surface area contributed by atoms with Gasteiger partial charge in [-0.25, -0.2) is 0 Å². The van der Waals surface area contributed by atoms with Crippen LogP contribution in [0.1, 0.15) is 27.2 Å². The van der Waals surface area contributed by atoms with Crippen LogP contribution in [0.2, 0.25) is 0 Å². The number of benzene rings is 1. The molecule has 2 N–H and O–H groups in total. The maximum absolute atomic E-state index is 5.90. The van der Waals surface area contributed by atoms with Crippen LogP contribution in [-0.2, 0) is 0 Å². The molecule has 1 aromatic carbocycles. The zero-order chi connectivity index (χ0) is 16.4. The summed E-state index contributed by atoms with van der Waals surface area (Å²) in [5, 5.41) is 6.57. The lowest BCUT2D eigenvalue weighted by atomic mass is 10.1. The van der Waals surface area contributed by atoms with E-state index in [1.807, 2.05) is 31.2 Å². The van der Waals surface area contributed by atoms with Crippen LogP contribution in [0.15, 0.2) is 29.3 Å². The Balaban J connectivity index is 0.00000484. The van der Waals surface area contributed by atoms with Gasteiger partial charge in [-0.3, -0.25) is 4.99 Å². The Hall–Kier alpha value is -1.18. The van der Waals surface area contributed by atoms with Gasteiger partial charge in [-0.2, -0.15) is 0 Å². The summed E-state index contributed by atoms with van der Waals surface area (Å²) in [4.78, 5) is 4.21. The molecule has 0 saturated carbocycles. The zero-order valence-corrected chi connectivity index (χ0v) is 17.1. The summed E-state index contributed by atoms with van der Waals surface area (Å²) in [7, 11) is 3.42. The van der Waals surface area contributed by atoms with Crippen LogP contribution in [0.4, 0.5) is 0 Å². The first kappa shape index (κ1) is 21.8. The Morgan fingerprint density at radius 3 is 2.35 bits per heavy atom. The summed E-state index contributed by atoms with van der Waals surface area (Å²) >= 11 is 0. The molecule has 0 aromatic heterocycles. The molecule has 1 atom stereocenters. The topological polar surface area (TPSA) is 54.9 Å². The van der Waals surface area contributed by atoms with Gasteiger partial charge in [-0.1, -0.05) is 26.0 Å². The summed E-state index contributed by atoms with van der Waals surface area (Å²) < 4.78 is 11.2. The van der Waals surface area contributed by atoms with E-state index in [4.69, 9.17) is 9.47 Å². The van der Waals surface area contributed by atoms with Crippen LogP contribution in [0.25, 0.3) is 0 Å². The van der Waals surface area contributed by atoms with Crippen molar-refractivity contribution >= 4 is 29.9 Å². The molecule has 0 aliphatic heterocycles. The van der Waals surface area contributed by atoms with Crippen LogP contribution in [0.3, 0.4) is 0 Å². The van der Waals surface area contributed by atoms with Crippen molar-refractivity contribution in [2.24, 2.45) is 10.9 Å². The molecule has 6 heteroatoms. The fraction of sp³-hybridized carbons (Fsp3) is 0.588. The number of aliphatic imine (C=N–C) groups is 1. The van der Waals surface area contributed by atoms with E-state index in [0.717, 1.165) is 30.4 Å². The minimum Gasteiger partial charge on any atom is -0.493 e. The highest BCUT2D eigenvalue weighted by molar-refractivity contribution is 14.0. The van der Waals surface area contributed by atoms with Crippen molar-refractivity contribution in [3.05, 3.63) is 24.3 Å². The number of guanidine groups is 1. The second kappa shape index (κ2) is 12.3. The van der Waals surface area contributed by atoms with Crippen molar-refractivity contribution in [1.82, 2.24) is 10.6 Å². The number of halogens is 1. The van der Waals surface area contributed by atoms with E-state index in [1.165, 1.54) is 0 Å². The van der Waals surface area contributed by atoms with Crippen LogP contribution >= 0.6 is 24.0 Å². The normalized spacial score (nSPS) is 12.3. The largest absolute Gasteiger partial charge is 0.493 e. The number of nitrogens with zero attached hydrogens (tertiary/aromatic N) is 1. The van der Waals surface area contributed by atoms with Gasteiger partial charge in [0, 0.05) is 13.6 Å². The van der Waals surface area contributed by atoms with Crippen molar-refractivity contribution < 1.29 is 9.47 Å². The third-order valence-electron chi connectivity index (χ3n) is 3.19. The Kier molecular flexibility index (Phi) is 11.6. The molecule has 5 nitrogen and oxygen atoms in total. The molecule has 0 amide bonds. The SMILES string of the molecule is CN=C(NCCC(C)C)NCC(C)Oc1ccccc1OC.I. The molecule has 132 valence electrons. The van der Waals surface area contributed by atoms with Crippen molar-refractivity contribution in [2.75, 3.05) is 27.2 Å². The highest BCUT2D eigenvalue weighted by atomic mass is 127. The lowest BCUT2D eigenvalue weighted by Gasteiger charge is -2.19. The Labute approximate surface area is 157 Å². The molecule has 0 saturated heterocycles. The second-order valence-corrected chi connectivity index (χ2v) is 5.64. The van der Waals surface area contributed by atoms with E-state index in [1.54, 1.807) is 14.2 Å². The lowest BCUT2D eigenvalue weighted by Crippen LogP contribution is -2.42. The highest BCUT2D eigenvalue weighted by Gasteiger charge is 2.09. The van der Waals surface area contributed by atoms with Gasteiger partial charge in [0.05, 0.1) is 13.7 Å². The van der Waals surface area contributed by atoms with Gasteiger partial charge in [0.2, 0.25) is 0 Å². The van der Waals surface area contributed by atoms with E-state index >= 15 is 0 Å². The average Bonchev–Trinajstić information content (AvgIpc) is 2.50. The Morgan fingerprint density at radius 2 is 1.78 bits per heavy atom. The predicted octanol–water partition coefficient (Wildman–Crippen LogP) is 3.29. The third-order valence-corrected chi connectivity index (χ3v) is 3.19. The first-order valence-corrected chi connectivity index (χ1v) is 7.81. The minimum absolute atomic E-state index is 0. The van der Waals surface area contributed by atoms with Crippen molar-refractivity contribution in [3.63, 3.8) is 0 Å². The first-order valence-electron chi connectivity index (χ1n) is 7.81. The number of ether oxygens (including phenoxy) is 2. The first-order chi connectivity index (χ1) is 10.6. The molecule has 1 unspecified atom stereocenters. The van der Waals surface area contributed by atoms with Gasteiger partial charge in [0.15, 0.2) is 17.5 Å². The van der Waals surface area contributed by atoms with E-state index in [9.17, 15) is 0 Å². The molecule has 0 radical (unpaired) electrons. The maximum atomic E-state index is 5.90. The number of rotatable bonds is 8. The molecule has 0 aliphatic rings. The quantitative estimate of drug-likeness (QED) is 0.374. The van der Waals surface area contributed by atoms with Crippen molar-refractivity contribution in [1.29, 1.82) is 0 Å². The van der Waals surface area contributed by atoms with Crippen LogP contribution < -0.4 is 20.1 Å². The fourth-order valence-electron chi connectivity index (χ4n) is 1.91. The van der Waals surface area contributed by atoms with Gasteiger partial charge in [-0.05, 0) is 31.4 Å². The molecular formula is C17H30IN3O2. The minimum atomic E-state index is -0.0000475. The van der Waals surface area contributed by atoms with Crippen molar-refractivity contribution in [2.45, 2.75) is 33.3 Å². The molecule has 1 rings (SSSR count). The van der Waals surface area contributed by atoms with Gasteiger partial charge in [0.1, 0.15) is 6.10 Å². The van der Waals surface area contributed by atoms with Gasteiger partial charge in [0.25, 0.3) is 0 Å². The van der Waals surface area contributed by atoms with Crippen LogP contribution in [0, 0.1) is 5.92 Å². The van der Waals surface area contributed by atoms with E-state index in [0.29, 0.717) is 12.5 Å². The molecule has 0 heterocycles. The molecule has 23 heavy (non-hydrogen) atoms. The summed E-state index contributed by atoms with van der Waals surface area (Å²) in [5.41, 5.74) is 0. The Bertz CT molecular complexity index is 467. The smallest absolute Gasteiger partial charge is 0.191 e. The fourth-order valence-corrected chi connectivity index (χ4v) is 1.91. The summed E-state index contributed by atoms with van der Waals surface area (Å²) in [6.07, 6.45) is 1.12. The van der Waals surface area contributed by atoms with E-state index in [-0.39, 0.29) is 30.1 Å². The van der Waals surface area contributed by atoms with Crippen LogP contribution in [-0.4, -0.2) is 39.3 Å². The van der Waals surface area contributed by atoms with Crippen molar-refractivity contribution in [3.8, 4) is 11.5 Å². The average molecular weight is 435 g/mol. The number of hydrogen-bond acceptors (Lipinski definition) is 3. The summed E-state index contributed by atoms with van der Waals surface area (Å²) in [5.74, 6) is 2.98. The Morgan fingerprint density at radius 1 is 1.13 bits per heavy atom. The monoisotopic (exact) mass is 435 g/mol. The van der Waals surface area contributed by atoms with E-state index in [2.05, 4.69) is 29.5 Å². The molecular weight excluding hydrogens is 405 g/mol. The highest BCUT2D eigenvalue weighted by Crippen LogP contribution is 2.26. The lowest BCUT2D eigenvalue weighted by molar-refractivity contribution is 0.213. The molecule has 0 bridgehead atoms. The number of nitrogens with one attached hydrogen (secondary N) is 2. The predicted molar refractivity (Wildman–Crippen MR) is 107 cm³/mol. The molecule has 0 spiro atoms. The number of para-hydroxylation sites is 2. The molecule has 0 fully saturated rings. The maximum Gasteiger partial charge on any atom is 0.191 e. The third kappa shape index (κ3) is 8.88. The van der Waals surface area contributed by atoms with Crippen LogP contribution in [0.5, 0.6) is 11.5 Å². The molecule has 0 aliphatic carbocycles. The van der Waals surface area contributed by atoms with Gasteiger partial charge >= 0.3 is 0 Å². The summed E-state index contributed by atoms with van der Waals surface area (Å²) in [6, 6.07) is 7.66. The van der Waals surface area contributed by atoms with Gasteiger partial charge in [-0.15, -0.1) is 24.0 Å². The number of methoxy groups -OCH3 is 1.